The van der Waals surface area contributed by atoms with E-state index in [1.807, 2.05) is 6.92 Å². The van der Waals surface area contributed by atoms with Crippen LogP contribution in [0.3, 0.4) is 0 Å². The maximum atomic E-state index is 12.2. The van der Waals surface area contributed by atoms with Gasteiger partial charge in [0.1, 0.15) is 4.33 Å². The highest BCUT2D eigenvalue weighted by Gasteiger charge is 2.67. The lowest BCUT2D eigenvalue weighted by Gasteiger charge is -2.40. The van der Waals surface area contributed by atoms with Gasteiger partial charge in [-0.2, -0.15) is 0 Å². The Morgan fingerprint density at radius 1 is 1.28 bits per heavy atom. The minimum absolute atomic E-state index is 0.0320. The van der Waals surface area contributed by atoms with Gasteiger partial charge >= 0.3 is 0 Å². The van der Waals surface area contributed by atoms with Crippen LogP contribution in [0.4, 0.5) is 0 Å². The van der Waals surface area contributed by atoms with E-state index in [-0.39, 0.29) is 5.91 Å². The third-order valence-corrected chi connectivity index (χ3v) is 6.65. The summed E-state index contributed by atoms with van der Waals surface area (Å²) in [6, 6.07) is 11.1. The van der Waals surface area contributed by atoms with E-state index in [2.05, 4.69) is 52.5 Å². The van der Waals surface area contributed by atoms with Crippen LogP contribution in [0, 0.1) is 5.41 Å². The Hall–Kier alpha value is -0.810. The van der Waals surface area contributed by atoms with Gasteiger partial charge in [0.25, 0.3) is 0 Å². The van der Waals surface area contributed by atoms with Gasteiger partial charge in [-0.05, 0) is 32.4 Å². The first-order chi connectivity index (χ1) is 11.8. The van der Waals surface area contributed by atoms with Crippen LogP contribution in [0.5, 0.6) is 0 Å². The fourth-order valence-corrected chi connectivity index (χ4v) is 4.25. The quantitative estimate of drug-likeness (QED) is 0.605. The molecular formula is C19H27Cl2N3O. The number of piperazine rings is 1. The summed E-state index contributed by atoms with van der Waals surface area (Å²) in [5, 5.41) is 3.00. The molecule has 1 aromatic rings. The maximum Gasteiger partial charge on any atom is 0.229 e. The molecule has 0 spiro atoms. The number of nitrogens with zero attached hydrogens (tertiary/aromatic N) is 2. The molecule has 1 aliphatic carbocycles. The minimum atomic E-state index is -0.896. The summed E-state index contributed by atoms with van der Waals surface area (Å²) in [7, 11) is 2.18. The van der Waals surface area contributed by atoms with Crippen LogP contribution in [-0.4, -0.2) is 59.8 Å². The Labute approximate surface area is 160 Å². The number of alkyl halides is 2. The molecule has 2 fully saturated rings. The van der Waals surface area contributed by atoms with Crippen molar-refractivity contribution in [2.24, 2.45) is 5.41 Å². The topological polar surface area (TPSA) is 35.6 Å². The lowest BCUT2D eigenvalue weighted by Crippen LogP contribution is -2.47. The number of hydrogen-bond acceptors (Lipinski definition) is 3. The first-order valence-corrected chi connectivity index (χ1v) is 9.73. The molecule has 0 unspecified atom stereocenters. The van der Waals surface area contributed by atoms with E-state index in [9.17, 15) is 4.79 Å². The van der Waals surface area contributed by atoms with Crippen molar-refractivity contribution in [2.45, 2.75) is 30.1 Å². The smallest absolute Gasteiger partial charge is 0.229 e. The molecule has 2 aliphatic rings. The molecule has 25 heavy (non-hydrogen) atoms. The second-order valence-corrected chi connectivity index (χ2v) is 9.03. The number of nitrogens with one attached hydrogen (secondary N) is 1. The third-order valence-electron chi connectivity index (χ3n) is 5.55. The number of halogens is 2. The highest BCUT2D eigenvalue weighted by atomic mass is 35.5. The van der Waals surface area contributed by atoms with E-state index in [0.717, 1.165) is 32.6 Å². The molecule has 138 valence electrons. The Kier molecular flexibility index (Phi) is 5.64. The second-order valence-electron chi connectivity index (χ2n) is 7.55. The number of carbonyl (C=O) groups excluding carboxylic acids is 1. The molecule has 0 radical (unpaired) electrons. The molecule has 4 nitrogen and oxygen atoms in total. The summed E-state index contributed by atoms with van der Waals surface area (Å²) in [4.78, 5) is 17.1. The van der Waals surface area contributed by atoms with Crippen LogP contribution in [0.1, 0.15) is 31.4 Å². The molecular weight excluding hydrogens is 357 g/mol. The van der Waals surface area contributed by atoms with Gasteiger partial charge in [-0.25, -0.2) is 0 Å². The average Bonchev–Trinajstić information content (AvgIpc) is 3.12. The minimum Gasteiger partial charge on any atom is -0.355 e. The number of rotatable bonds is 6. The Bertz CT molecular complexity index is 610. The van der Waals surface area contributed by atoms with Crippen molar-refractivity contribution in [1.82, 2.24) is 15.1 Å². The number of benzene rings is 1. The van der Waals surface area contributed by atoms with Crippen LogP contribution >= 0.6 is 23.2 Å². The standard InChI is InChI=1S/C19H27Cl2N3O/c1-18(14-19(18,20)21)17(25)22-9-6-10-24-12-11-23(2)13-16(24)15-7-4-3-5-8-15/h3-5,7-8,16H,6,9-14H2,1-2H3,(H,22,25)/t16-,18-/m1/s1. The van der Waals surface area contributed by atoms with Crippen LogP contribution in [-0.2, 0) is 4.79 Å². The van der Waals surface area contributed by atoms with Crippen molar-refractivity contribution in [1.29, 1.82) is 0 Å². The molecule has 2 atom stereocenters. The lowest BCUT2D eigenvalue weighted by molar-refractivity contribution is -0.125. The van der Waals surface area contributed by atoms with Crippen molar-refractivity contribution < 1.29 is 4.79 Å². The molecule has 3 rings (SSSR count). The molecule has 0 aromatic heterocycles. The van der Waals surface area contributed by atoms with Crippen LogP contribution in [0.25, 0.3) is 0 Å². The van der Waals surface area contributed by atoms with E-state index in [4.69, 9.17) is 23.2 Å². The Morgan fingerprint density at radius 3 is 2.60 bits per heavy atom. The normalized spacial score (nSPS) is 29.4. The molecule has 0 bridgehead atoms. The van der Waals surface area contributed by atoms with Crippen molar-refractivity contribution >= 4 is 29.1 Å². The van der Waals surface area contributed by atoms with Crippen LogP contribution in [0.15, 0.2) is 30.3 Å². The Balaban J connectivity index is 1.49. The van der Waals surface area contributed by atoms with Crippen LogP contribution in [0.2, 0.25) is 0 Å². The largest absolute Gasteiger partial charge is 0.355 e. The summed E-state index contributed by atoms with van der Waals surface area (Å²) in [6.07, 6.45) is 1.45. The molecule has 1 saturated heterocycles. The SMILES string of the molecule is CN1CCN(CCCNC(=O)[C@@]2(C)CC2(Cl)Cl)[C@@H](c2ccccc2)C1. The lowest BCUT2D eigenvalue weighted by atomic mass is 10.0. The zero-order valence-electron chi connectivity index (χ0n) is 15.0. The zero-order chi connectivity index (χ0) is 18.1. The molecule has 1 heterocycles. The molecule has 1 aliphatic heterocycles. The van der Waals surface area contributed by atoms with Crippen molar-refractivity contribution in [3.8, 4) is 0 Å². The predicted octanol–water partition coefficient (Wildman–Crippen LogP) is 3.07. The highest BCUT2D eigenvalue weighted by Crippen LogP contribution is 2.63. The molecule has 1 amide bonds. The summed E-state index contributed by atoms with van der Waals surface area (Å²) < 4.78 is -0.896. The summed E-state index contributed by atoms with van der Waals surface area (Å²) in [6.45, 7) is 6.62. The second kappa shape index (κ2) is 7.43. The molecule has 6 heteroatoms. The highest BCUT2D eigenvalue weighted by molar-refractivity contribution is 6.53. The van der Waals surface area contributed by atoms with Gasteiger partial charge in [-0.1, -0.05) is 30.3 Å². The number of hydrogen-bond donors (Lipinski definition) is 1. The zero-order valence-corrected chi connectivity index (χ0v) is 16.5. The van der Waals surface area contributed by atoms with E-state index >= 15 is 0 Å². The van der Waals surface area contributed by atoms with Gasteiger partial charge in [0, 0.05) is 38.8 Å². The molecule has 1 saturated carbocycles. The Morgan fingerprint density at radius 2 is 1.96 bits per heavy atom. The summed E-state index contributed by atoms with van der Waals surface area (Å²) in [5.41, 5.74) is 0.730. The van der Waals surface area contributed by atoms with E-state index in [1.54, 1.807) is 0 Å². The van der Waals surface area contributed by atoms with Gasteiger partial charge in [0.15, 0.2) is 0 Å². The molecule has 1 aromatic carbocycles. The van der Waals surface area contributed by atoms with Crippen molar-refractivity contribution in [3.63, 3.8) is 0 Å². The monoisotopic (exact) mass is 383 g/mol. The third kappa shape index (κ3) is 4.13. The van der Waals surface area contributed by atoms with E-state index < -0.39 is 9.75 Å². The van der Waals surface area contributed by atoms with E-state index in [0.29, 0.717) is 19.0 Å². The van der Waals surface area contributed by atoms with E-state index in [1.165, 1.54) is 5.56 Å². The maximum absolute atomic E-state index is 12.2. The van der Waals surface area contributed by atoms with Crippen molar-refractivity contribution in [3.05, 3.63) is 35.9 Å². The fraction of sp³-hybridized carbons (Fsp3) is 0.632. The van der Waals surface area contributed by atoms with Gasteiger partial charge < -0.3 is 10.2 Å². The fourth-order valence-electron chi connectivity index (χ4n) is 3.54. The van der Waals surface area contributed by atoms with Crippen molar-refractivity contribution in [2.75, 3.05) is 39.8 Å². The number of likely N-dealkylation sites (N-methyl/N-ethyl adjacent to an activating group) is 1. The first-order valence-electron chi connectivity index (χ1n) is 8.97. The number of amides is 1. The molecule has 1 N–H and O–H groups in total. The average molecular weight is 384 g/mol. The predicted molar refractivity (Wildman–Crippen MR) is 103 cm³/mol. The van der Waals surface area contributed by atoms with Gasteiger partial charge in [0.05, 0.1) is 5.41 Å². The van der Waals surface area contributed by atoms with Gasteiger partial charge in [-0.15, -0.1) is 23.2 Å². The summed E-state index contributed by atoms with van der Waals surface area (Å²) >= 11 is 12.1. The number of carbonyl (C=O) groups is 1. The van der Waals surface area contributed by atoms with Crippen LogP contribution < -0.4 is 5.32 Å². The summed E-state index contributed by atoms with van der Waals surface area (Å²) in [5.74, 6) is -0.0320. The first kappa shape index (κ1) is 19.0. The van der Waals surface area contributed by atoms with Gasteiger partial charge in [-0.3, -0.25) is 9.69 Å². The van der Waals surface area contributed by atoms with Gasteiger partial charge in [0.2, 0.25) is 5.91 Å².